The minimum Gasteiger partial charge on any atom is -0.453 e. The van der Waals surface area contributed by atoms with Crippen LogP contribution in [0.25, 0.3) is 0 Å². The maximum Gasteiger partial charge on any atom is 0.406 e. The van der Waals surface area contributed by atoms with Crippen LogP contribution in [0.4, 0.5) is 9.18 Å². The number of rotatable bonds is 5. The molecular formula is C12H15ClFNO3. The molecule has 1 unspecified atom stereocenters. The lowest BCUT2D eigenvalue weighted by atomic mass is 10.0. The molecule has 1 rings (SSSR count). The van der Waals surface area contributed by atoms with Crippen molar-refractivity contribution in [2.75, 3.05) is 13.7 Å². The molecule has 6 heteroatoms. The lowest BCUT2D eigenvalue weighted by Crippen LogP contribution is -2.24. The molecule has 0 aliphatic rings. The second-order valence-electron chi connectivity index (χ2n) is 3.72. The number of halogens is 2. The number of alkyl carbamates (subject to hydrolysis) is 1. The number of nitrogens with one attached hydrogen (secondary N) is 1. The Labute approximate surface area is 110 Å². The monoisotopic (exact) mass is 275 g/mol. The number of hydrogen-bond donors (Lipinski definition) is 2. The first-order valence-electron chi connectivity index (χ1n) is 5.50. The molecule has 0 spiro atoms. The van der Waals surface area contributed by atoms with E-state index >= 15 is 0 Å². The van der Waals surface area contributed by atoms with Crippen molar-refractivity contribution in [3.63, 3.8) is 0 Å². The van der Waals surface area contributed by atoms with E-state index < -0.39 is 18.0 Å². The highest BCUT2D eigenvalue weighted by molar-refractivity contribution is 6.30. The molecule has 0 saturated heterocycles. The second-order valence-corrected chi connectivity index (χ2v) is 4.13. The summed E-state index contributed by atoms with van der Waals surface area (Å²) in [4.78, 5) is 10.8. The molecule has 1 amide bonds. The molecule has 1 aromatic carbocycles. The molecule has 0 aliphatic carbocycles. The van der Waals surface area contributed by atoms with Crippen LogP contribution in [0, 0.1) is 5.82 Å². The van der Waals surface area contributed by atoms with Crippen molar-refractivity contribution in [1.29, 1.82) is 0 Å². The summed E-state index contributed by atoms with van der Waals surface area (Å²) in [5.41, 5.74) is 0.167. The van der Waals surface area contributed by atoms with Gasteiger partial charge in [0, 0.05) is 12.1 Å². The zero-order valence-corrected chi connectivity index (χ0v) is 10.7. The van der Waals surface area contributed by atoms with Gasteiger partial charge >= 0.3 is 6.09 Å². The topological polar surface area (TPSA) is 58.6 Å². The Kier molecular flexibility index (Phi) is 5.88. The molecule has 0 radical (unpaired) electrons. The second kappa shape index (κ2) is 7.18. The smallest absolute Gasteiger partial charge is 0.406 e. The van der Waals surface area contributed by atoms with E-state index in [1.165, 1.54) is 19.2 Å². The standard InChI is InChI=1S/C12H15ClFNO3/c1-18-12(17)15-7-3-6-10(16)8-4-2-5-9(13)11(8)14/h2,4-5,10,16H,3,6-7H2,1H3,(H,15,17). The average Bonchev–Trinajstić information content (AvgIpc) is 2.37. The van der Waals surface area contributed by atoms with Crippen LogP contribution in [0.5, 0.6) is 0 Å². The minimum atomic E-state index is -0.942. The largest absolute Gasteiger partial charge is 0.453 e. The highest BCUT2D eigenvalue weighted by Gasteiger charge is 2.14. The van der Waals surface area contributed by atoms with Crippen LogP contribution >= 0.6 is 11.6 Å². The number of carbonyl (C=O) groups is 1. The number of carbonyl (C=O) groups excluding carboxylic acids is 1. The number of hydrogen-bond acceptors (Lipinski definition) is 3. The highest BCUT2D eigenvalue weighted by Crippen LogP contribution is 2.25. The van der Waals surface area contributed by atoms with Gasteiger partial charge in [-0.3, -0.25) is 0 Å². The van der Waals surface area contributed by atoms with Gasteiger partial charge in [0.15, 0.2) is 0 Å². The molecule has 0 heterocycles. The summed E-state index contributed by atoms with van der Waals surface area (Å²) in [5.74, 6) is -0.604. The number of benzene rings is 1. The summed E-state index contributed by atoms with van der Waals surface area (Å²) >= 11 is 5.62. The van der Waals surface area contributed by atoms with Crippen molar-refractivity contribution in [3.05, 3.63) is 34.6 Å². The SMILES string of the molecule is COC(=O)NCCCC(O)c1cccc(Cl)c1F. The summed E-state index contributed by atoms with van der Waals surface area (Å²) in [5, 5.41) is 12.3. The van der Waals surface area contributed by atoms with Gasteiger partial charge in [-0.25, -0.2) is 9.18 Å². The van der Waals surface area contributed by atoms with E-state index in [1.807, 2.05) is 0 Å². The molecule has 1 atom stereocenters. The fraction of sp³-hybridized carbons (Fsp3) is 0.417. The predicted molar refractivity (Wildman–Crippen MR) is 66.0 cm³/mol. The van der Waals surface area contributed by atoms with Gasteiger partial charge in [0.25, 0.3) is 0 Å². The summed E-state index contributed by atoms with van der Waals surface area (Å²) in [6, 6.07) is 4.49. The fourth-order valence-electron chi connectivity index (χ4n) is 1.49. The van der Waals surface area contributed by atoms with E-state index in [4.69, 9.17) is 11.6 Å². The molecule has 4 nitrogen and oxygen atoms in total. The first kappa shape index (κ1) is 14.7. The lowest BCUT2D eigenvalue weighted by Gasteiger charge is -2.12. The van der Waals surface area contributed by atoms with E-state index in [-0.39, 0.29) is 10.6 Å². The number of aliphatic hydroxyl groups is 1. The van der Waals surface area contributed by atoms with Crippen LogP contribution < -0.4 is 5.32 Å². The van der Waals surface area contributed by atoms with Crippen molar-refractivity contribution in [2.45, 2.75) is 18.9 Å². The van der Waals surface area contributed by atoms with E-state index in [9.17, 15) is 14.3 Å². The van der Waals surface area contributed by atoms with E-state index in [0.29, 0.717) is 19.4 Å². The van der Waals surface area contributed by atoms with Crippen LogP contribution in [0.1, 0.15) is 24.5 Å². The molecule has 2 N–H and O–H groups in total. The Morgan fingerprint density at radius 1 is 1.61 bits per heavy atom. The third kappa shape index (κ3) is 4.16. The van der Waals surface area contributed by atoms with Gasteiger partial charge in [-0.15, -0.1) is 0 Å². The van der Waals surface area contributed by atoms with Crippen molar-refractivity contribution >= 4 is 17.7 Å². The number of amides is 1. The maximum atomic E-state index is 13.6. The maximum absolute atomic E-state index is 13.6. The number of aliphatic hydroxyl groups excluding tert-OH is 1. The molecule has 0 saturated carbocycles. The average molecular weight is 276 g/mol. The molecule has 0 fully saturated rings. The van der Waals surface area contributed by atoms with Crippen LogP contribution in [-0.2, 0) is 4.74 Å². The summed E-state index contributed by atoms with van der Waals surface area (Å²) in [6.45, 7) is 0.353. The lowest BCUT2D eigenvalue weighted by molar-refractivity contribution is 0.155. The van der Waals surface area contributed by atoms with Crippen molar-refractivity contribution < 1.29 is 19.0 Å². The Balaban J connectivity index is 2.43. The minimum absolute atomic E-state index is 0.0146. The summed E-state index contributed by atoms with van der Waals surface area (Å²) < 4.78 is 17.9. The van der Waals surface area contributed by atoms with Crippen LogP contribution in [0.3, 0.4) is 0 Å². The molecule has 0 aromatic heterocycles. The van der Waals surface area contributed by atoms with Gasteiger partial charge in [-0.05, 0) is 18.9 Å². The van der Waals surface area contributed by atoms with Gasteiger partial charge < -0.3 is 15.2 Å². The predicted octanol–water partition coefficient (Wildman–Crippen LogP) is 2.65. The first-order chi connectivity index (χ1) is 8.56. The van der Waals surface area contributed by atoms with Gasteiger partial charge in [-0.1, -0.05) is 23.7 Å². The number of ether oxygens (including phenoxy) is 1. The highest BCUT2D eigenvalue weighted by atomic mass is 35.5. The quantitative estimate of drug-likeness (QED) is 0.812. The summed E-state index contributed by atoms with van der Waals surface area (Å²) in [6.07, 6.45) is -0.648. The molecule has 100 valence electrons. The normalized spacial score (nSPS) is 12.0. The van der Waals surface area contributed by atoms with Crippen molar-refractivity contribution in [1.82, 2.24) is 5.32 Å². The van der Waals surface area contributed by atoms with Crippen LogP contribution in [0.2, 0.25) is 5.02 Å². The third-order valence-electron chi connectivity index (χ3n) is 2.45. The van der Waals surface area contributed by atoms with Gasteiger partial charge in [-0.2, -0.15) is 0 Å². The van der Waals surface area contributed by atoms with Crippen molar-refractivity contribution in [3.8, 4) is 0 Å². The fourth-order valence-corrected chi connectivity index (χ4v) is 1.67. The Morgan fingerprint density at radius 3 is 3.00 bits per heavy atom. The Morgan fingerprint density at radius 2 is 2.33 bits per heavy atom. The van der Waals surface area contributed by atoms with Gasteiger partial charge in [0.05, 0.1) is 18.2 Å². The Hall–Kier alpha value is -1.33. The third-order valence-corrected chi connectivity index (χ3v) is 2.74. The zero-order chi connectivity index (χ0) is 13.5. The molecule has 0 aliphatic heterocycles. The summed E-state index contributed by atoms with van der Waals surface area (Å²) in [7, 11) is 1.27. The van der Waals surface area contributed by atoms with Crippen molar-refractivity contribution in [2.24, 2.45) is 0 Å². The van der Waals surface area contributed by atoms with E-state index in [2.05, 4.69) is 10.1 Å². The molecule has 18 heavy (non-hydrogen) atoms. The van der Waals surface area contributed by atoms with Crippen LogP contribution in [0.15, 0.2) is 18.2 Å². The Bertz CT molecular complexity index is 414. The van der Waals surface area contributed by atoms with Gasteiger partial charge in [0.1, 0.15) is 5.82 Å². The number of methoxy groups -OCH3 is 1. The first-order valence-corrected chi connectivity index (χ1v) is 5.88. The molecule has 1 aromatic rings. The van der Waals surface area contributed by atoms with E-state index in [1.54, 1.807) is 6.07 Å². The zero-order valence-electron chi connectivity index (χ0n) is 9.95. The van der Waals surface area contributed by atoms with E-state index in [0.717, 1.165) is 0 Å². The van der Waals surface area contributed by atoms with Crippen LogP contribution in [-0.4, -0.2) is 24.9 Å². The molecule has 0 bridgehead atoms. The van der Waals surface area contributed by atoms with Gasteiger partial charge in [0.2, 0.25) is 0 Å². The molecular weight excluding hydrogens is 261 g/mol.